The van der Waals surface area contributed by atoms with Gasteiger partial charge in [-0.2, -0.15) is 0 Å². The normalized spacial score (nSPS) is 14.8. The maximum Gasteiger partial charge on any atom is 0.328 e. The van der Waals surface area contributed by atoms with Gasteiger partial charge in [-0.1, -0.05) is 5.16 Å². The average molecular weight is 450 g/mol. The maximum absolute atomic E-state index is 13.2. The number of fused-ring (bicyclic) bond motifs is 1. The molecule has 1 aromatic heterocycles. The molecule has 3 rings (SSSR count). The Balaban J connectivity index is 0.000000390. The van der Waals surface area contributed by atoms with Crippen molar-refractivity contribution in [3.63, 3.8) is 0 Å². The summed E-state index contributed by atoms with van der Waals surface area (Å²) in [5.41, 5.74) is 1.48. The number of carbonyl (C=O) groups excluding carboxylic acids is 1. The van der Waals surface area contributed by atoms with E-state index in [1.165, 1.54) is 19.1 Å². The third kappa shape index (κ3) is 8.46. The molecular formula is C22H27FN2O7. The second-order valence-corrected chi connectivity index (χ2v) is 7.38. The van der Waals surface area contributed by atoms with Gasteiger partial charge in [-0.3, -0.25) is 4.79 Å². The fraction of sp³-hybridized carbons (Fsp3) is 0.455. The fourth-order valence-corrected chi connectivity index (χ4v) is 3.45. The maximum atomic E-state index is 13.2. The lowest BCUT2D eigenvalue weighted by molar-refractivity contribution is -0.141. The zero-order valence-electron chi connectivity index (χ0n) is 17.8. The van der Waals surface area contributed by atoms with Crippen molar-refractivity contribution in [2.45, 2.75) is 38.5 Å². The quantitative estimate of drug-likeness (QED) is 0.354. The van der Waals surface area contributed by atoms with Crippen LogP contribution in [-0.2, 0) is 19.1 Å². The summed E-state index contributed by atoms with van der Waals surface area (Å²) < 4.78 is 23.5. The number of carboxylic acids is 2. The van der Waals surface area contributed by atoms with Crippen molar-refractivity contribution in [2.75, 3.05) is 26.2 Å². The first-order valence-electron chi connectivity index (χ1n) is 10.3. The van der Waals surface area contributed by atoms with Crippen LogP contribution in [0.3, 0.4) is 0 Å². The number of halogens is 1. The predicted octanol–water partition coefficient (Wildman–Crippen LogP) is 3.20. The Hall–Kier alpha value is -3.27. The molecule has 2 N–H and O–H groups in total. The van der Waals surface area contributed by atoms with Gasteiger partial charge in [0.25, 0.3) is 0 Å². The molecule has 0 unspecified atom stereocenters. The average Bonchev–Trinajstić information content (AvgIpc) is 3.15. The van der Waals surface area contributed by atoms with Crippen LogP contribution in [-0.4, -0.2) is 64.4 Å². The molecule has 1 aliphatic rings. The van der Waals surface area contributed by atoms with E-state index in [1.54, 1.807) is 6.07 Å². The molecule has 0 spiro atoms. The number of nitrogens with zero attached hydrogens (tertiary/aromatic N) is 2. The molecule has 1 aromatic carbocycles. The summed E-state index contributed by atoms with van der Waals surface area (Å²) in [4.78, 5) is 32.2. The molecule has 174 valence electrons. The first-order valence-corrected chi connectivity index (χ1v) is 10.3. The molecule has 0 bridgehead atoms. The number of carboxylic acid groups (broad SMARTS) is 2. The number of likely N-dealkylation sites (tertiary alicyclic amines) is 1. The van der Waals surface area contributed by atoms with Gasteiger partial charge in [0.2, 0.25) is 0 Å². The number of aromatic nitrogens is 1. The summed E-state index contributed by atoms with van der Waals surface area (Å²) in [5.74, 6) is -2.65. The smallest absolute Gasteiger partial charge is 0.328 e. The number of piperidine rings is 1. The van der Waals surface area contributed by atoms with Gasteiger partial charge in [-0.15, -0.1) is 0 Å². The third-order valence-electron chi connectivity index (χ3n) is 4.98. The van der Waals surface area contributed by atoms with Crippen LogP contribution < -0.4 is 0 Å². The van der Waals surface area contributed by atoms with Gasteiger partial charge >= 0.3 is 17.9 Å². The number of benzene rings is 1. The van der Waals surface area contributed by atoms with Gasteiger partial charge in [-0.05, 0) is 57.5 Å². The van der Waals surface area contributed by atoms with Crippen LogP contribution in [0.25, 0.3) is 11.0 Å². The summed E-state index contributed by atoms with van der Waals surface area (Å²) in [6.45, 7) is 5.01. The van der Waals surface area contributed by atoms with E-state index in [2.05, 4.69) is 10.1 Å². The summed E-state index contributed by atoms with van der Waals surface area (Å²) in [6.07, 6.45) is 5.11. The second-order valence-electron chi connectivity index (χ2n) is 7.38. The minimum atomic E-state index is -1.26. The van der Waals surface area contributed by atoms with Gasteiger partial charge < -0.3 is 24.4 Å². The Morgan fingerprint density at radius 3 is 2.44 bits per heavy atom. The van der Waals surface area contributed by atoms with Crippen molar-refractivity contribution in [2.24, 2.45) is 0 Å². The van der Waals surface area contributed by atoms with Crippen molar-refractivity contribution in [1.82, 2.24) is 10.1 Å². The highest BCUT2D eigenvalue weighted by atomic mass is 19.1. The highest BCUT2D eigenvalue weighted by Gasteiger charge is 2.24. The summed E-state index contributed by atoms with van der Waals surface area (Å²) in [7, 11) is 0. The number of unbranched alkanes of at least 4 members (excludes halogenated alkanes) is 1. The van der Waals surface area contributed by atoms with Crippen molar-refractivity contribution < 1.29 is 38.2 Å². The van der Waals surface area contributed by atoms with Crippen LogP contribution in [0.15, 0.2) is 34.9 Å². The molecule has 0 saturated carbocycles. The SMILES string of the molecule is CC(=O)OCCCCN1CCC(c2noc3cc(F)ccc23)CC1.O=C(O)C=CC(=O)O. The summed E-state index contributed by atoms with van der Waals surface area (Å²) in [5, 5.41) is 20.7. The molecule has 0 atom stereocenters. The standard InChI is InChI=1S/C18H23FN2O3.C4H4O4/c1-13(22)23-11-3-2-8-21-9-6-14(7-10-21)18-16-5-4-15(19)12-17(16)24-20-18;5-3(6)1-2-4(7)8/h4-5,12,14H,2-3,6-11H2,1H3;1-2H,(H,5,6)(H,7,8). The number of rotatable bonds is 8. The van der Waals surface area contributed by atoms with Gasteiger partial charge in [-0.25, -0.2) is 14.0 Å². The number of carbonyl (C=O) groups is 3. The van der Waals surface area contributed by atoms with Crippen molar-refractivity contribution in [3.8, 4) is 0 Å². The van der Waals surface area contributed by atoms with Gasteiger partial charge in [0.15, 0.2) is 5.58 Å². The summed E-state index contributed by atoms with van der Waals surface area (Å²) >= 11 is 0. The Bertz CT molecular complexity index is 933. The number of hydrogen-bond donors (Lipinski definition) is 2. The van der Waals surface area contributed by atoms with Gasteiger partial charge in [0, 0.05) is 36.4 Å². The van der Waals surface area contributed by atoms with Crippen molar-refractivity contribution >= 4 is 28.9 Å². The lowest BCUT2D eigenvalue weighted by atomic mass is 9.91. The van der Waals surface area contributed by atoms with Crippen LogP contribution in [0.4, 0.5) is 4.39 Å². The Labute approximate surface area is 184 Å². The highest BCUT2D eigenvalue weighted by Crippen LogP contribution is 2.32. The topological polar surface area (TPSA) is 130 Å². The molecular weight excluding hydrogens is 423 g/mol. The molecule has 10 heteroatoms. The zero-order valence-corrected chi connectivity index (χ0v) is 17.8. The zero-order chi connectivity index (χ0) is 23.5. The van der Waals surface area contributed by atoms with E-state index in [9.17, 15) is 18.8 Å². The lowest BCUT2D eigenvalue weighted by Crippen LogP contribution is -2.33. The van der Waals surface area contributed by atoms with Crippen molar-refractivity contribution in [1.29, 1.82) is 0 Å². The van der Waals surface area contributed by atoms with E-state index < -0.39 is 11.9 Å². The van der Waals surface area contributed by atoms with Crippen LogP contribution in [0.1, 0.15) is 44.2 Å². The van der Waals surface area contributed by atoms with Crippen molar-refractivity contribution in [3.05, 3.63) is 41.9 Å². The highest BCUT2D eigenvalue weighted by molar-refractivity contribution is 5.89. The molecule has 2 heterocycles. The number of ether oxygens (including phenoxy) is 1. The fourth-order valence-electron chi connectivity index (χ4n) is 3.45. The Kier molecular flexibility index (Phi) is 9.80. The van der Waals surface area contributed by atoms with Crippen LogP contribution in [0, 0.1) is 5.82 Å². The first-order chi connectivity index (χ1) is 15.3. The van der Waals surface area contributed by atoms with Crippen LogP contribution >= 0.6 is 0 Å². The minimum Gasteiger partial charge on any atom is -0.478 e. The molecule has 1 aliphatic heterocycles. The summed E-state index contributed by atoms with van der Waals surface area (Å²) in [6, 6.07) is 4.61. The predicted molar refractivity (Wildman–Crippen MR) is 113 cm³/mol. The number of aliphatic carboxylic acids is 2. The molecule has 2 aromatic rings. The lowest BCUT2D eigenvalue weighted by Gasteiger charge is -2.31. The largest absolute Gasteiger partial charge is 0.478 e. The number of esters is 1. The first kappa shape index (κ1) is 25.0. The molecule has 32 heavy (non-hydrogen) atoms. The third-order valence-corrected chi connectivity index (χ3v) is 4.98. The molecule has 0 amide bonds. The van der Waals surface area contributed by atoms with Gasteiger partial charge in [0.05, 0.1) is 12.3 Å². The minimum absolute atomic E-state index is 0.212. The van der Waals surface area contributed by atoms with E-state index >= 15 is 0 Å². The Morgan fingerprint density at radius 1 is 1.19 bits per heavy atom. The molecule has 0 radical (unpaired) electrons. The Morgan fingerprint density at radius 2 is 1.84 bits per heavy atom. The van der Waals surface area contributed by atoms with E-state index in [-0.39, 0.29) is 11.8 Å². The molecule has 0 aliphatic carbocycles. The second kappa shape index (κ2) is 12.6. The van der Waals surface area contributed by atoms with E-state index in [0.717, 1.165) is 56.4 Å². The molecule has 1 fully saturated rings. The number of hydrogen-bond acceptors (Lipinski definition) is 7. The monoisotopic (exact) mass is 450 g/mol. The van der Waals surface area contributed by atoms with E-state index in [4.69, 9.17) is 19.5 Å². The van der Waals surface area contributed by atoms with Crippen LogP contribution in [0.2, 0.25) is 0 Å². The van der Waals surface area contributed by atoms with E-state index in [0.29, 0.717) is 30.3 Å². The molecule has 1 saturated heterocycles. The molecule has 9 nitrogen and oxygen atoms in total. The van der Waals surface area contributed by atoms with Gasteiger partial charge in [0.1, 0.15) is 5.82 Å². The van der Waals surface area contributed by atoms with Crippen LogP contribution in [0.5, 0.6) is 0 Å². The van der Waals surface area contributed by atoms with E-state index in [1.807, 2.05) is 0 Å².